The largest absolute Gasteiger partial charge is 0.504 e. The summed E-state index contributed by atoms with van der Waals surface area (Å²) in [6.07, 6.45) is 5.01. The van der Waals surface area contributed by atoms with Gasteiger partial charge in [0, 0.05) is 22.7 Å². The Kier molecular flexibility index (Phi) is 7.93. The summed E-state index contributed by atoms with van der Waals surface area (Å²) in [5, 5.41) is 16.2. The number of aromatic hydroxyl groups is 1. The highest BCUT2D eigenvalue weighted by molar-refractivity contribution is 7.07. The van der Waals surface area contributed by atoms with Gasteiger partial charge in [-0.25, -0.2) is 14.5 Å². The van der Waals surface area contributed by atoms with Gasteiger partial charge in [0.15, 0.2) is 16.3 Å². The Morgan fingerprint density at radius 1 is 0.962 bits per heavy atom. The summed E-state index contributed by atoms with van der Waals surface area (Å²) in [5.41, 5.74) is 6.48. The van der Waals surface area contributed by atoms with E-state index in [0.29, 0.717) is 45.0 Å². The third kappa shape index (κ3) is 5.57. The molecule has 0 spiro atoms. The van der Waals surface area contributed by atoms with Gasteiger partial charge in [0.25, 0.3) is 5.56 Å². The summed E-state index contributed by atoms with van der Waals surface area (Å²) < 4.78 is 20.9. The summed E-state index contributed by atoms with van der Waals surface area (Å²) in [4.78, 5) is 33.8. The number of hydrogen-bond donors (Lipinski definition) is 1. The number of phenols is 1. The van der Waals surface area contributed by atoms with E-state index in [4.69, 9.17) is 24.0 Å². The second-order valence-electron chi connectivity index (χ2n) is 12.8. The molecule has 0 saturated carbocycles. The maximum Gasteiger partial charge on any atom is 0.345 e. The van der Waals surface area contributed by atoms with Crippen LogP contribution in [-0.4, -0.2) is 33.2 Å². The van der Waals surface area contributed by atoms with Crippen LogP contribution in [0.5, 0.6) is 17.2 Å². The predicted octanol–water partition coefficient (Wildman–Crippen LogP) is 6.39. The maximum atomic E-state index is 14.7. The number of para-hydroxylation sites is 2. The Bertz CT molecular complexity index is 2870. The van der Waals surface area contributed by atoms with Crippen LogP contribution in [0, 0.1) is 0 Å². The van der Waals surface area contributed by atoms with E-state index in [2.05, 4.69) is 0 Å². The number of nitrogens with zero attached hydrogens (tertiary/aromatic N) is 4. The molecular formula is C42H32N4O6S. The smallest absolute Gasteiger partial charge is 0.345 e. The number of aryl methyl sites for hydroxylation is 1. The fourth-order valence-corrected chi connectivity index (χ4v) is 8.24. The molecule has 2 aliphatic rings. The van der Waals surface area contributed by atoms with Crippen molar-refractivity contribution in [3.8, 4) is 34.2 Å². The van der Waals surface area contributed by atoms with Gasteiger partial charge in [-0.2, -0.15) is 5.10 Å². The van der Waals surface area contributed by atoms with Crippen molar-refractivity contribution in [3.05, 3.63) is 161 Å². The highest BCUT2D eigenvalue weighted by Gasteiger charge is 2.33. The lowest BCUT2D eigenvalue weighted by Gasteiger charge is -2.31. The summed E-state index contributed by atoms with van der Waals surface area (Å²) in [7, 11) is 1.65. The molecule has 0 radical (unpaired) electrons. The van der Waals surface area contributed by atoms with Crippen molar-refractivity contribution in [1.82, 2.24) is 14.3 Å². The fraction of sp³-hybridized carbons (Fsp3) is 0.143. The predicted molar refractivity (Wildman–Crippen MR) is 204 cm³/mol. The Balaban J connectivity index is 1.28. The number of fused-ring (bicyclic) bond motifs is 4. The zero-order valence-electron chi connectivity index (χ0n) is 28.8. The number of thiazole rings is 1. The Labute approximate surface area is 306 Å². The molecule has 4 aromatic carbocycles. The first-order chi connectivity index (χ1) is 25.9. The molecule has 1 aliphatic heterocycles. The summed E-state index contributed by atoms with van der Waals surface area (Å²) in [5.74, 6) is 1.15. The van der Waals surface area contributed by atoms with Gasteiger partial charge in [-0.05, 0) is 97.1 Å². The van der Waals surface area contributed by atoms with Crippen LogP contribution < -0.4 is 30.0 Å². The minimum atomic E-state index is -0.529. The number of ether oxygens (including phenoxy) is 2. The SMILES string of the molecule is CCOc1cc(C2C3=C(N=c4sc(=Cc5cn(-c6ccccc6)nc5-c5cc6ccccc6oc5=O)c(=O)n42)c2ccc(OC)cc2CC3)ccc1O. The molecule has 9 rings (SSSR count). The van der Waals surface area contributed by atoms with E-state index in [9.17, 15) is 14.7 Å². The quantitative estimate of drug-likeness (QED) is 0.190. The van der Waals surface area contributed by atoms with Crippen LogP contribution in [-0.2, 0) is 6.42 Å². The number of hydrogen-bond acceptors (Lipinski definition) is 9. The van der Waals surface area contributed by atoms with Crippen molar-refractivity contribution in [2.75, 3.05) is 13.7 Å². The zero-order valence-corrected chi connectivity index (χ0v) is 29.6. The minimum Gasteiger partial charge on any atom is -0.504 e. The van der Waals surface area contributed by atoms with E-state index in [0.717, 1.165) is 51.2 Å². The molecular weight excluding hydrogens is 689 g/mol. The van der Waals surface area contributed by atoms with Crippen LogP contribution in [0.25, 0.3) is 39.7 Å². The van der Waals surface area contributed by atoms with E-state index in [1.54, 1.807) is 46.7 Å². The Morgan fingerprint density at radius 2 is 1.79 bits per heavy atom. The molecule has 4 heterocycles. The van der Waals surface area contributed by atoms with Crippen LogP contribution in [0.1, 0.15) is 41.6 Å². The standard InChI is InChI=1S/C42H32N4O6S/c1-3-51-35-21-26(14-18-33(35)47)39-31-16-13-24-19-29(50-2)15-17-30(24)38(31)43-42-46(39)40(48)36(53-42)22-27-23-45(28-10-5-4-6-11-28)44-37(27)32-20-25-9-7-8-12-34(25)52-41(32)49/h4-12,14-15,17-23,39,47H,3,13,16H2,1-2H3. The molecule has 7 aromatic rings. The third-order valence-corrected chi connectivity index (χ3v) is 10.7. The first-order valence-corrected chi connectivity index (χ1v) is 18.1. The number of methoxy groups -OCH3 is 1. The molecule has 1 aliphatic carbocycles. The number of rotatable bonds is 7. The first kappa shape index (κ1) is 32.4. The van der Waals surface area contributed by atoms with E-state index in [1.165, 1.54) is 11.3 Å². The van der Waals surface area contributed by atoms with Gasteiger partial charge in [-0.3, -0.25) is 9.36 Å². The molecule has 0 bridgehead atoms. The van der Waals surface area contributed by atoms with Gasteiger partial charge >= 0.3 is 5.63 Å². The Morgan fingerprint density at radius 3 is 2.62 bits per heavy atom. The van der Waals surface area contributed by atoms with Gasteiger partial charge < -0.3 is 19.0 Å². The monoisotopic (exact) mass is 720 g/mol. The molecule has 1 N–H and O–H groups in total. The van der Waals surface area contributed by atoms with Crippen molar-refractivity contribution >= 4 is 34.1 Å². The van der Waals surface area contributed by atoms with E-state index in [1.807, 2.05) is 85.9 Å². The normalized spacial score (nSPS) is 15.1. The van der Waals surface area contributed by atoms with Crippen molar-refractivity contribution < 1.29 is 19.0 Å². The second kappa shape index (κ2) is 12.9. The number of aromatic nitrogens is 3. The Hall–Kier alpha value is -6.46. The average molecular weight is 721 g/mol. The second-order valence-corrected chi connectivity index (χ2v) is 13.8. The highest BCUT2D eigenvalue weighted by atomic mass is 32.1. The molecule has 3 aromatic heterocycles. The number of allylic oxidation sites excluding steroid dienone is 1. The summed E-state index contributed by atoms with van der Waals surface area (Å²) in [6.45, 7) is 2.23. The molecule has 53 heavy (non-hydrogen) atoms. The van der Waals surface area contributed by atoms with Crippen molar-refractivity contribution in [2.45, 2.75) is 25.8 Å². The topological polar surface area (TPSA) is 121 Å². The van der Waals surface area contributed by atoms with Gasteiger partial charge in [-0.15, -0.1) is 0 Å². The van der Waals surface area contributed by atoms with Gasteiger partial charge in [0.1, 0.15) is 17.0 Å². The summed E-state index contributed by atoms with van der Waals surface area (Å²) in [6, 6.07) is 29.4. The van der Waals surface area contributed by atoms with Crippen LogP contribution in [0.2, 0.25) is 0 Å². The van der Waals surface area contributed by atoms with Crippen molar-refractivity contribution in [1.29, 1.82) is 0 Å². The molecule has 262 valence electrons. The summed E-state index contributed by atoms with van der Waals surface area (Å²) >= 11 is 1.28. The van der Waals surface area contributed by atoms with Crippen LogP contribution in [0.3, 0.4) is 0 Å². The number of benzene rings is 4. The van der Waals surface area contributed by atoms with E-state index >= 15 is 0 Å². The zero-order chi connectivity index (χ0) is 36.2. The van der Waals surface area contributed by atoms with Gasteiger partial charge in [0.05, 0.1) is 41.2 Å². The maximum absolute atomic E-state index is 14.7. The minimum absolute atomic E-state index is 0.0272. The fourth-order valence-electron chi connectivity index (χ4n) is 7.24. The molecule has 0 amide bonds. The molecule has 0 fully saturated rings. The van der Waals surface area contributed by atoms with Crippen LogP contribution >= 0.6 is 11.3 Å². The van der Waals surface area contributed by atoms with E-state index in [-0.39, 0.29) is 16.9 Å². The van der Waals surface area contributed by atoms with Gasteiger partial charge in [0.2, 0.25) is 0 Å². The van der Waals surface area contributed by atoms with Crippen LogP contribution in [0.15, 0.2) is 128 Å². The molecule has 10 nitrogen and oxygen atoms in total. The molecule has 1 unspecified atom stereocenters. The molecule has 0 saturated heterocycles. The molecule has 11 heteroatoms. The van der Waals surface area contributed by atoms with E-state index < -0.39 is 11.7 Å². The lowest BCUT2D eigenvalue weighted by Crippen LogP contribution is -2.38. The van der Waals surface area contributed by atoms with Gasteiger partial charge in [-0.1, -0.05) is 53.8 Å². The van der Waals surface area contributed by atoms with Crippen LogP contribution in [0.4, 0.5) is 0 Å². The number of phenolic OH excluding ortho intramolecular Hbond substituents is 1. The third-order valence-electron chi connectivity index (χ3n) is 9.71. The van der Waals surface area contributed by atoms with Crippen molar-refractivity contribution in [2.24, 2.45) is 4.99 Å². The van der Waals surface area contributed by atoms with Crippen molar-refractivity contribution in [3.63, 3.8) is 0 Å². The lowest BCUT2D eigenvalue weighted by atomic mass is 9.83. The highest BCUT2D eigenvalue weighted by Crippen LogP contribution is 2.43. The molecule has 1 atom stereocenters. The lowest BCUT2D eigenvalue weighted by molar-refractivity contribution is 0.317. The average Bonchev–Trinajstić information content (AvgIpc) is 3.74. The first-order valence-electron chi connectivity index (χ1n) is 17.3.